The summed E-state index contributed by atoms with van der Waals surface area (Å²) in [5.74, 6) is -0.249. The van der Waals surface area contributed by atoms with Crippen molar-refractivity contribution in [2.24, 2.45) is 0 Å². The highest BCUT2D eigenvalue weighted by molar-refractivity contribution is 6.42. The minimum atomic E-state index is -0.338. The van der Waals surface area contributed by atoms with E-state index < -0.39 is 0 Å². The highest BCUT2D eigenvalue weighted by Gasteiger charge is 2.10. The summed E-state index contributed by atoms with van der Waals surface area (Å²) in [7, 11) is 0. The summed E-state index contributed by atoms with van der Waals surface area (Å²) in [6, 6.07) is 15.4. The quantitative estimate of drug-likeness (QED) is 0.578. The lowest BCUT2D eigenvalue weighted by Crippen LogP contribution is -2.13. The summed E-state index contributed by atoms with van der Waals surface area (Å²) in [5, 5.41) is 6.47. The maximum atomic E-state index is 12.1. The Morgan fingerprint density at radius 2 is 1.59 bits per heavy atom. The number of benzene rings is 2. The Hall–Kier alpha value is -2.76. The van der Waals surface area contributed by atoms with Gasteiger partial charge in [0, 0.05) is 17.8 Å². The fourth-order valence-corrected chi connectivity index (χ4v) is 2.87. The monoisotopic (exact) mass is 402 g/mol. The predicted molar refractivity (Wildman–Crippen MR) is 107 cm³/mol. The fraction of sp³-hybridized carbons (Fsp3) is 0.100. The van der Waals surface area contributed by atoms with E-state index in [2.05, 4.69) is 10.6 Å². The van der Waals surface area contributed by atoms with Crippen LogP contribution < -0.4 is 10.6 Å². The molecular weight excluding hydrogens is 387 g/mol. The van der Waals surface area contributed by atoms with Gasteiger partial charge in [0.2, 0.25) is 5.91 Å². The van der Waals surface area contributed by atoms with E-state index in [1.807, 2.05) is 6.07 Å². The van der Waals surface area contributed by atoms with Crippen molar-refractivity contribution in [3.05, 3.63) is 82.2 Å². The van der Waals surface area contributed by atoms with Crippen molar-refractivity contribution in [2.75, 3.05) is 10.6 Å². The molecule has 3 aromatic rings. The summed E-state index contributed by atoms with van der Waals surface area (Å²) in [6.07, 6.45) is 2.20. The molecule has 0 radical (unpaired) electrons. The number of carbonyl (C=O) groups excluding carboxylic acids is 2. The Balaban J connectivity index is 1.52. The molecular formula is C20H16Cl2N2O3. The molecule has 2 aromatic carbocycles. The zero-order valence-electron chi connectivity index (χ0n) is 14.2. The van der Waals surface area contributed by atoms with Crippen molar-refractivity contribution >= 4 is 46.4 Å². The van der Waals surface area contributed by atoms with Crippen molar-refractivity contribution in [2.45, 2.75) is 12.8 Å². The number of halogens is 2. The van der Waals surface area contributed by atoms with Crippen molar-refractivity contribution < 1.29 is 14.0 Å². The maximum Gasteiger partial charge on any atom is 0.291 e. The third-order valence-corrected chi connectivity index (χ3v) is 4.68. The first kappa shape index (κ1) is 19.0. The number of nitrogens with one attached hydrogen (secondary N) is 2. The normalized spacial score (nSPS) is 10.4. The van der Waals surface area contributed by atoms with Crippen LogP contribution in [-0.4, -0.2) is 11.8 Å². The highest BCUT2D eigenvalue weighted by Crippen LogP contribution is 2.26. The molecule has 0 saturated carbocycles. The number of amides is 2. The molecule has 7 heteroatoms. The van der Waals surface area contributed by atoms with Crippen LogP contribution in [0.3, 0.4) is 0 Å². The van der Waals surface area contributed by atoms with Crippen molar-refractivity contribution in [3.63, 3.8) is 0 Å². The van der Waals surface area contributed by atoms with Gasteiger partial charge in [-0.25, -0.2) is 0 Å². The third-order valence-electron chi connectivity index (χ3n) is 3.82. The lowest BCUT2D eigenvalue weighted by molar-refractivity contribution is -0.116. The Morgan fingerprint density at radius 3 is 2.26 bits per heavy atom. The van der Waals surface area contributed by atoms with E-state index in [0.29, 0.717) is 27.8 Å². The number of hydrogen-bond acceptors (Lipinski definition) is 3. The zero-order chi connectivity index (χ0) is 19.2. The van der Waals surface area contributed by atoms with Gasteiger partial charge in [-0.2, -0.15) is 0 Å². The molecule has 0 unspecified atom stereocenters. The second-order valence-electron chi connectivity index (χ2n) is 5.77. The van der Waals surface area contributed by atoms with Crippen LogP contribution >= 0.6 is 23.2 Å². The smallest absolute Gasteiger partial charge is 0.291 e. The van der Waals surface area contributed by atoms with E-state index in [9.17, 15) is 9.59 Å². The maximum absolute atomic E-state index is 12.1. The van der Waals surface area contributed by atoms with Crippen LogP contribution in [0.15, 0.2) is 65.3 Å². The summed E-state index contributed by atoms with van der Waals surface area (Å²) >= 11 is 12.1. The largest absolute Gasteiger partial charge is 0.459 e. The first-order valence-corrected chi connectivity index (χ1v) is 8.96. The molecule has 2 N–H and O–H groups in total. The van der Waals surface area contributed by atoms with E-state index in [-0.39, 0.29) is 24.0 Å². The fourth-order valence-electron chi connectivity index (χ4n) is 2.45. The predicted octanol–water partition coefficient (Wildman–Crippen LogP) is 5.41. The van der Waals surface area contributed by atoms with Crippen LogP contribution in [0, 0.1) is 0 Å². The second-order valence-corrected chi connectivity index (χ2v) is 6.56. The molecule has 0 atom stereocenters. The molecule has 0 fully saturated rings. The number of hydrogen-bond donors (Lipinski definition) is 2. The minimum Gasteiger partial charge on any atom is -0.459 e. The average molecular weight is 403 g/mol. The van der Waals surface area contributed by atoms with Gasteiger partial charge < -0.3 is 15.1 Å². The van der Waals surface area contributed by atoms with Crippen LogP contribution in [-0.2, 0) is 11.2 Å². The Bertz CT molecular complexity index is 938. The molecule has 0 bridgehead atoms. The van der Waals surface area contributed by atoms with E-state index in [4.69, 9.17) is 27.6 Å². The molecule has 0 aliphatic heterocycles. The number of aryl methyl sites for hydroxylation is 1. The Morgan fingerprint density at radius 1 is 0.889 bits per heavy atom. The van der Waals surface area contributed by atoms with Crippen LogP contribution in [0.2, 0.25) is 10.0 Å². The SMILES string of the molecule is O=C(CCc1cccc(Cl)c1Cl)Nc1ccc(NC(=O)c2ccco2)cc1. The van der Waals surface area contributed by atoms with E-state index in [1.165, 1.54) is 6.26 Å². The molecule has 0 aliphatic carbocycles. The highest BCUT2D eigenvalue weighted by atomic mass is 35.5. The van der Waals surface area contributed by atoms with Crippen LogP contribution in [0.5, 0.6) is 0 Å². The topological polar surface area (TPSA) is 71.3 Å². The van der Waals surface area contributed by atoms with Gasteiger partial charge in [-0.05, 0) is 54.4 Å². The molecule has 3 rings (SSSR count). The summed E-state index contributed by atoms with van der Waals surface area (Å²) in [6.45, 7) is 0. The first-order chi connectivity index (χ1) is 13.0. The van der Waals surface area contributed by atoms with Gasteiger partial charge in [0.15, 0.2) is 5.76 Å². The van der Waals surface area contributed by atoms with Gasteiger partial charge in [-0.3, -0.25) is 9.59 Å². The van der Waals surface area contributed by atoms with Gasteiger partial charge >= 0.3 is 0 Å². The number of rotatable bonds is 6. The molecule has 0 aliphatic rings. The number of anilines is 2. The minimum absolute atomic E-state index is 0.140. The van der Waals surface area contributed by atoms with Gasteiger partial charge in [0.05, 0.1) is 16.3 Å². The van der Waals surface area contributed by atoms with Gasteiger partial charge in [-0.1, -0.05) is 35.3 Å². The van der Waals surface area contributed by atoms with Gasteiger partial charge in [-0.15, -0.1) is 0 Å². The Kier molecular flexibility index (Phi) is 6.16. The van der Waals surface area contributed by atoms with Crippen molar-refractivity contribution in [1.82, 2.24) is 0 Å². The van der Waals surface area contributed by atoms with Crippen LogP contribution in [0.25, 0.3) is 0 Å². The second kappa shape index (κ2) is 8.75. The van der Waals surface area contributed by atoms with Crippen molar-refractivity contribution in [3.8, 4) is 0 Å². The van der Waals surface area contributed by atoms with Gasteiger partial charge in [0.25, 0.3) is 5.91 Å². The molecule has 0 saturated heterocycles. The van der Waals surface area contributed by atoms with Gasteiger partial charge in [0.1, 0.15) is 0 Å². The summed E-state index contributed by atoms with van der Waals surface area (Å²) in [4.78, 5) is 24.0. The van der Waals surface area contributed by atoms with Crippen LogP contribution in [0.1, 0.15) is 22.5 Å². The lowest BCUT2D eigenvalue weighted by atomic mass is 10.1. The molecule has 1 aromatic heterocycles. The third kappa shape index (κ3) is 5.12. The number of furan rings is 1. The lowest BCUT2D eigenvalue weighted by Gasteiger charge is -2.08. The first-order valence-electron chi connectivity index (χ1n) is 8.20. The summed E-state index contributed by atoms with van der Waals surface area (Å²) < 4.78 is 5.04. The van der Waals surface area contributed by atoms with Crippen molar-refractivity contribution in [1.29, 1.82) is 0 Å². The molecule has 5 nitrogen and oxygen atoms in total. The molecule has 1 heterocycles. The zero-order valence-corrected chi connectivity index (χ0v) is 15.7. The molecule has 0 spiro atoms. The van der Waals surface area contributed by atoms with E-state index in [1.54, 1.807) is 48.5 Å². The van der Waals surface area contributed by atoms with E-state index >= 15 is 0 Å². The number of carbonyl (C=O) groups is 2. The Labute approximate surface area is 166 Å². The van der Waals surface area contributed by atoms with E-state index in [0.717, 1.165) is 5.56 Å². The molecule has 138 valence electrons. The standard InChI is InChI=1S/C20H16Cl2N2O3/c21-16-4-1-3-13(19(16)22)6-11-18(25)23-14-7-9-15(10-8-14)24-20(26)17-5-2-12-27-17/h1-5,7-10,12H,6,11H2,(H,23,25)(H,24,26). The van der Waals surface area contributed by atoms with Crippen LogP contribution in [0.4, 0.5) is 11.4 Å². The molecule has 27 heavy (non-hydrogen) atoms. The molecule has 2 amide bonds. The average Bonchev–Trinajstić information content (AvgIpc) is 3.19. The summed E-state index contributed by atoms with van der Waals surface area (Å²) in [5.41, 5.74) is 2.06.